The van der Waals surface area contributed by atoms with Crippen molar-refractivity contribution in [3.8, 4) is 5.69 Å². The third kappa shape index (κ3) is 4.12. The molecule has 7 nitrogen and oxygen atoms in total. The highest BCUT2D eigenvalue weighted by atomic mass is 32.2. The number of carbonyl (C=O) groups excluding carboxylic acids is 1. The maximum Gasteiger partial charge on any atom is 0.253 e. The smallest absolute Gasteiger partial charge is 0.253 e. The zero-order chi connectivity index (χ0) is 23.0. The van der Waals surface area contributed by atoms with Crippen LogP contribution in [0.1, 0.15) is 10.4 Å². The molecule has 4 aromatic rings. The second-order valence-corrected chi connectivity index (χ2v) is 9.80. The summed E-state index contributed by atoms with van der Waals surface area (Å²) in [5.74, 6) is -0.493. The number of imidazole rings is 1. The van der Waals surface area contributed by atoms with Gasteiger partial charge in [-0.05, 0) is 59.3 Å². The highest BCUT2D eigenvalue weighted by molar-refractivity contribution is 7.89. The van der Waals surface area contributed by atoms with E-state index < -0.39 is 10.0 Å². The number of aromatic nitrogens is 2. The average molecular weight is 465 g/mol. The molecule has 2 heterocycles. The predicted octanol–water partition coefficient (Wildman–Crippen LogP) is 3.31. The Morgan fingerprint density at radius 2 is 1.58 bits per heavy atom. The van der Waals surface area contributed by atoms with Crippen LogP contribution in [0.5, 0.6) is 0 Å². The van der Waals surface area contributed by atoms with Crippen molar-refractivity contribution in [2.24, 2.45) is 0 Å². The molecule has 9 heteroatoms. The van der Waals surface area contributed by atoms with Gasteiger partial charge in [0.25, 0.3) is 5.91 Å². The number of hydrogen-bond acceptors (Lipinski definition) is 4. The van der Waals surface area contributed by atoms with Gasteiger partial charge in [-0.15, -0.1) is 0 Å². The van der Waals surface area contributed by atoms with E-state index in [9.17, 15) is 17.6 Å². The molecule has 33 heavy (non-hydrogen) atoms. The summed E-state index contributed by atoms with van der Waals surface area (Å²) >= 11 is 0. The summed E-state index contributed by atoms with van der Waals surface area (Å²) in [6.07, 6.45) is 5.19. The van der Waals surface area contributed by atoms with Crippen LogP contribution >= 0.6 is 0 Å². The van der Waals surface area contributed by atoms with Crippen molar-refractivity contribution in [3.05, 3.63) is 90.8 Å². The van der Waals surface area contributed by atoms with Crippen LogP contribution in [0.15, 0.2) is 84.3 Å². The molecule has 1 fully saturated rings. The number of amides is 1. The van der Waals surface area contributed by atoms with Gasteiger partial charge in [0.2, 0.25) is 10.0 Å². The molecule has 3 aromatic carbocycles. The van der Waals surface area contributed by atoms with Gasteiger partial charge < -0.3 is 9.47 Å². The number of rotatable bonds is 4. The summed E-state index contributed by atoms with van der Waals surface area (Å²) in [6, 6.07) is 16.1. The van der Waals surface area contributed by atoms with E-state index >= 15 is 0 Å². The molecule has 0 radical (unpaired) electrons. The van der Waals surface area contributed by atoms with Crippen LogP contribution < -0.4 is 0 Å². The molecule has 0 unspecified atom stereocenters. The highest BCUT2D eigenvalue weighted by Gasteiger charge is 2.30. The number of benzene rings is 3. The van der Waals surface area contributed by atoms with Crippen LogP contribution in [-0.2, 0) is 10.0 Å². The minimum Gasteiger partial charge on any atom is -0.336 e. The Kier molecular flexibility index (Phi) is 5.43. The first-order valence-electron chi connectivity index (χ1n) is 10.5. The lowest BCUT2D eigenvalue weighted by Gasteiger charge is -2.34. The molecule has 0 bridgehead atoms. The molecule has 0 saturated carbocycles. The number of carbonyl (C=O) groups is 1. The fraction of sp³-hybridized carbons (Fsp3) is 0.167. The molecule has 1 aromatic heterocycles. The minimum absolute atomic E-state index is 0.128. The molecule has 1 aliphatic rings. The number of hydrogen-bond donors (Lipinski definition) is 0. The third-order valence-corrected chi connectivity index (χ3v) is 7.75. The van der Waals surface area contributed by atoms with E-state index in [4.69, 9.17) is 0 Å². The van der Waals surface area contributed by atoms with Gasteiger partial charge >= 0.3 is 0 Å². The quantitative estimate of drug-likeness (QED) is 0.464. The van der Waals surface area contributed by atoms with Crippen molar-refractivity contribution in [2.45, 2.75) is 4.90 Å². The van der Waals surface area contributed by atoms with Crippen LogP contribution in [0.4, 0.5) is 4.39 Å². The maximum atomic E-state index is 13.4. The standard InChI is InChI=1S/C24H21FN4O3S/c25-21-5-1-20-16-23(8-4-19(20)15-21)33(31,32)29-13-11-27(12-14-29)24(30)18-2-6-22(7-3-18)28-10-9-26-17-28/h1-10,15-17H,11-14H2. The van der Waals surface area contributed by atoms with Crippen LogP contribution in [0, 0.1) is 5.82 Å². The van der Waals surface area contributed by atoms with Crippen molar-refractivity contribution >= 4 is 26.7 Å². The minimum atomic E-state index is -3.72. The molecule has 0 aliphatic carbocycles. The van der Waals surface area contributed by atoms with Crippen LogP contribution in [0.2, 0.25) is 0 Å². The van der Waals surface area contributed by atoms with E-state index in [-0.39, 0.29) is 29.7 Å². The van der Waals surface area contributed by atoms with E-state index in [1.165, 1.54) is 22.5 Å². The lowest BCUT2D eigenvalue weighted by atomic mass is 10.1. The van der Waals surface area contributed by atoms with Gasteiger partial charge in [-0.3, -0.25) is 4.79 Å². The Labute approximate surface area is 190 Å². The van der Waals surface area contributed by atoms with E-state index in [2.05, 4.69) is 4.98 Å². The van der Waals surface area contributed by atoms with Crippen molar-refractivity contribution < 1.29 is 17.6 Å². The molecule has 1 aliphatic heterocycles. The number of piperazine rings is 1. The monoisotopic (exact) mass is 464 g/mol. The Morgan fingerprint density at radius 3 is 2.27 bits per heavy atom. The topological polar surface area (TPSA) is 75.5 Å². The maximum absolute atomic E-state index is 13.4. The fourth-order valence-electron chi connectivity index (χ4n) is 4.01. The van der Waals surface area contributed by atoms with Crippen molar-refractivity contribution in [3.63, 3.8) is 0 Å². The second kappa shape index (κ2) is 8.42. The first kappa shape index (κ1) is 21.3. The van der Waals surface area contributed by atoms with E-state index in [1.54, 1.807) is 47.8 Å². The van der Waals surface area contributed by atoms with Gasteiger partial charge in [0.15, 0.2) is 0 Å². The van der Waals surface area contributed by atoms with Crippen molar-refractivity contribution in [2.75, 3.05) is 26.2 Å². The Balaban J connectivity index is 1.27. The number of fused-ring (bicyclic) bond motifs is 1. The highest BCUT2D eigenvalue weighted by Crippen LogP contribution is 2.24. The first-order valence-corrected chi connectivity index (χ1v) is 11.9. The number of sulfonamides is 1. The summed E-state index contributed by atoms with van der Waals surface area (Å²) in [4.78, 5) is 18.8. The molecule has 0 atom stereocenters. The summed E-state index contributed by atoms with van der Waals surface area (Å²) in [7, 11) is -3.72. The van der Waals surface area contributed by atoms with Gasteiger partial charge in [-0.25, -0.2) is 17.8 Å². The average Bonchev–Trinajstić information content (AvgIpc) is 3.38. The van der Waals surface area contributed by atoms with Gasteiger partial charge in [0, 0.05) is 49.8 Å². The van der Waals surface area contributed by atoms with Gasteiger partial charge in [-0.1, -0.05) is 12.1 Å². The summed E-state index contributed by atoms with van der Waals surface area (Å²) < 4.78 is 42.9. The zero-order valence-electron chi connectivity index (χ0n) is 17.6. The van der Waals surface area contributed by atoms with Gasteiger partial charge in [0.1, 0.15) is 5.82 Å². The predicted molar refractivity (Wildman–Crippen MR) is 122 cm³/mol. The lowest BCUT2D eigenvalue weighted by molar-refractivity contribution is 0.0698. The van der Waals surface area contributed by atoms with Crippen LogP contribution in [0.3, 0.4) is 0 Å². The Hall–Kier alpha value is -3.56. The van der Waals surface area contributed by atoms with Crippen molar-refractivity contribution in [1.29, 1.82) is 0 Å². The summed E-state index contributed by atoms with van der Waals surface area (Å²) in [5, 5.41) is 1.30. The van der Waals surface area contributed by atoms with Crippen LogP contribution in [-0.4, -0.2) is 59.3 Å². The molecule has 1 amide bonds. The van der Waals surface area contributed by atoms with Crippen LogP contribution in [0.25, 0.3) is 16.5 Å². The zero-order valence-corrected chi connectivity index (χ0v) is 18.5. The third-order valence-electron chi connectivity index (χ3n) is 5.85. The van der Waals surface area contributed by atoms with Crippen molar-refractivity contribution in [1.82, 2.24) is 18.8 Å². The second-order valence-electron chi connectivity index (χ2n) is 7.87. The molecule has 0 N–H and O–H groups in total. The fourth-order valence-corrected chi connectivity index (χ4v) is 5.46. The van der Waals surface area contributed by atoms with Gasteiger partial charge in [0.05, 0.1) is 11.2 Å². The summed E-state index contributed by atoms with van der Waals surface area (Å²) in [5.41, 5.74) is 1.45. The SMILES string of the molecule is O=C(c1ccc(-n2ccnc2)cc1)N1CCN(S(=O)(=O)c2ccc3cc(F)ccc3c2)CC1. The number of nitrogens with zero attached hydrogens (tertiary/aromatic N) is 4. The largest absolute Gasteiger partial charge is 0.336 e. The molecule has 168 valence electrons. The van der Waals surface area contributed by atoms with E-state index in [0.29, 0.717) is 29.4 Å². The molecule has 0 spiro atoms. The first-order chi connectivity index (χ1) is 15.9. The Morgan fingerprint density at radius 1 is 0.879 bits per heavy atom. The molecular formula is C24H21FN4O3S. The molecular weight excluding hydrogens is 443 g/mol. The summed E-state index contributed by atoms with van der Waals surface area (Å²) in [6.45, 7) is 1.03. The Bertz CT molecular complexity index is 1410. The van der Waals surface area contributed by atoms with E-state index in [1.807, 2.05) is 22.9 Å². The number of halogens is 1. The normalized spacial score (nSPS) is 15.1. The molecule has 5 rings (SSSR count). The van der Waals surface area contributed by atoms with E-state index in [0.717, 1.165) is 5.69 Å². The van der Waals surface area contributed by atoms with Gasteiger partial charge in [-0.2, -0.15) is 4.31 Å². The molecule has 1 saturated heterocycles. The lowest BCUT2D eigenvalue weighted by Crippen LogP contribution is -2.50.